The summed E-state index contributed by atoms with van der Waals surface area (Å²) in [6.45, 7) is 23.9. The summed E-state index contributed by atoms with van der Waals surface area (Å²) in [6, 6.07) is 22.0. The molecule has 2 aliphatic heterocycles. The van der Waals surface area contributed by atoms with Gasteiger partial charge in [-0.3, -0.25) is 14.4 Å². The standard InChI is InChI=1S/C27H35N3O3.C17H27N3O2.C11H14O3/c1-5-33-24-8-6-19(7-9-24)14-23-16-21-15-22(29-26(31)27(2,3)4)17-28-25(21)30(23)18-20-10-12-32-13-11-20;1-12-9-14(20-16(21)17(2,3)4)11-19-15(12)18-10-13-5-7-22-8-6-13;1-3-14-10-6-4-9(5-7-10)8-11(12)13-2/h6-9,15-17,20H,5,10-14,18H2,1-4H3,(H,29,31);9,11,13H,5-8,10H2,1-4H3,(H,18,19)(H,20,21);4-7H,3,8H2,1-2H3. The Morgan fingerprint density at radius 1 is 0.696 bits per heavy atom. The van der Waals surface area contributed by atoms with Gasteiger partial charge in [0, 0.05) is 67.8 Å². The lowest BCUT2D eigenvalue weighted by Gasteiger charge is -2.24. The van der Waals surface area contributed by atoms with Crippen LogP contribution in [-0.2, 0) is 48.0 Å². The number of amides is 2. The van der Waals surface area contributed by atoms with E-state index in [4.69, 9.17) is 23.9 Å². The lowest BCUT2D eigenvalue weighted by atomic mass is 9.95. The first-order chi connectivity index (χ1) is 32.9. The van der Waals surface area contributed by atoms with E-state index in [9.17, 15) is 14.4 Å². The van der Waals surface area contributed by atoms with Crippen LogP contribution >= 0.6 is 0 Å². The van der Waals surface area contributed by atoms with Crippen LogP contribution in [0.2, 0.25) is 0 Å². The first-order valence-corrected chi connectivity index (χ1v) is 24.4. The van der Waals surface area contributed by atoms with Gasteiger partial charge in [0.25, 0.3) is 0 Å². The second kappa shape index (κ2) is 26.1. The van der Waals surface area contributed by atoms with E-state index in [1.807, 2.05) is 111 Å². The molecule has 3 aromatic heterocycles. The van der Waals surface area contributed by atoms with Crippen molar-refractivity contribution in [3.8, 4) is 11.5 Å². The maximum atomic E-state index is 12.5. The zero-order valence-electron chi connectivity index (χ0n) is 42.7. The lowest BCUT2D eigenvalue weighted by Crippen LogP contribution is -2.27. The van der Waals surface area contributed by atoms with Crippen LogP contribution in [0.25, 0.3) is 11.0 Å². The molecule has 2 aromatic carbocycles. The summed E-state index contributed by atoms with van der Waals surface area (Å²) < 4.78 is 28.7. The number of carbonyl (C=O) groups excluding carboxylic acids is 3. The van der Waals surface area contributed by atoms with Crippen molar-refractivity contribution in [1.82, 2.24) is 14.5 Å². The minimum absolute atomic E-state index is 0.00313. The zero-order valence-corrected chi connectivity index (χ0v) is 42.7. The lowest BCUT2D eigenvalue weighted by molar-refractivity contribution is -0.139. The Bertz CT molecular complexity index is 2390. The molecule has 2 fully saturated rings. The number of aromatic nitrogens is 3. The molecule has 0 saturated carbocycles. The predicted molar refractivity (Wildman–Crippen MR) is 274 cm³/mol. The minimum atomic E-state index is -0.456. The Morgan fingerprint density at radius 2 is 1.20 bits per heavy atom. The third-order valence-corrected chi connectivity index (χ3v) is 11.9. The Labute approximate surface area is 409 Å². The summed E-state index contributed by atoms with van der Waals surface area (Å²) in [5.41, 5.74) is 6.02. The normalized spacial score (nSPS) is 14.3. The van der Waals surface area contributed by atoms with Gasteiger partial charge in [-0.15, -0.1) is 0 Å². The molecule has 0 radical (unpaired) electrons. The van der Waals surface area contributed by atoms with Crippen LogP contribution in [-0.4, -0.2) is 85.6 Å². The quantitative estimate of drug-likeness (QED) is 0.0856. The van der Waals surface area contributed by atoms with Crippen molar-refractivity contribution in [2.45, 2.75) is 107 Å². The van der Waals surface area contributed by atoms with Gasteiger partial charge in [-0.05, 0) is 117 Å². The maximum Gasteiger partial charge on any atom is 0.309 e. The topological polar surface area (TPSA) is 164 Å². The van der Waals surface area contributed by atoms with Gasteiger partial charge in [-0.2, -0.15) is 0 Å². The Hall–Kier alpha value is -5.99. The van der Waals surface area contributed by atoms with Crippen LogP contribution in [0.5, 0.6) is 11.5 Å². The van der Waals surface area contributed by atoms with Gasteiger partial charge in [-0.1, -0.05) is 65.8 Å². The molecule has 14 heteroatoms. The molecule has 14 nitrogen and oxygen atoms in total. The fraction of sp³-hybridized carbons (Fsp3) is 0.509. The molecule has 0 atom stereocenters. The molecular formula is C55H76N6O8. The number of esters is 1. The molecule has 3 N–H and O–H groups in total. The third kappa shape index (κ3) is 17.5. The molecule has 0 spiro atoms. The molecule has 2 saturated heterocycles. The number of nitrogens with one attached hydrogen (secondary N) is 3. The number of hydrogen-bond acceptors (Lipinski definition) is 11. The van der Waals surface area contributed by atoms with Crippen LogP contribution in [0.1, 0.15) is 103 Å². The van der Waals surface area contributed by atoms with E-state index in [1.165, 1.54) is 18.4 Å². The summed E-state index contributed by atoms with van der Waals surface area (Å²) >= 11 is 0. The monoisotopic (exact) mass is 949 g/mol. The van der Waals surface area contributed by atoms with E-state index in [-0.39, 0.29) is 17.8 Å². The first kappa shape index (κ1) is 54.0. The smallest absolute Gasteiger partial charge is 0.309 e. The fourth-order valence-electron chi connectivity index (χ4n) is 7.65. The van der Waals surface area contributed by atoms with Crippen LogP contribution in [0.3, 0.4) is 0 Å². The van der Waals surface area contributed by atoms with Gasteiger partial charge >= 0.3 is 5.97 Å². The number of benzene rings is 2. The van der Waals surface area contributed by atoms with E-state index < -0.39 is 10.8 Å². The molecular weight excluding hydrogens is 873 g/mol. The molecule has 5 aromatic rings. The predicted octanol–water partition coefficient (Wildman–Crippen LogP) is 10.5. The van der Waals surface area contributed by atoms with E-state index >= 15 is 0 Å². The second-order valence-corrected chi connectivity index (χ2v) is 19.8. The molecule has 0 aliphatic carbocycles. The van der Waals surface area contributed by atoms with E-state index in [1.54, 1.807) is 12.4 Å². The van der Waals surface area contributed by atoms with Crippen molar-refractivity contribution in [2.24, 2.45) is 22.7 Å². The van der Waals surface area contributed by atoms with Gasteiger partial charge in [0.05, 0.1) is 50.5 Å². The number of aryl methyl sites for hydroxylation is 1. The van der Waals surface area contributed by atoms with Crippen LogP contribution in [0.4, 0.5) is 17.2 Å². The maximum absolute atomic E-state index is 12.5. The second-order valence-electron chi connectivity index (χ2n) is 19.8. The Balaban J connectivity index is 0.000000212. The number of ether oxygens (including phenoxy) is 5. The zero-order chi connectivity index (χ0) is 50.0. The van der Waals surface area contributed by atoms with Crippen molar-refractivity contribution >= 4 is 46.0 Å². The first-order valence-electron chi connectivity index (χ1n) is 24.4. The largest absolute Gasteiger partial charge is 0.494 e. The van der Waals surface area contributed by atoms with Crippen molar-refractivity contribution in [3.63, 3.8) is 0 Å². The number of rotatable bonds is 15. The van der Waals surface area contributed by atoms with Gasteiger partial charge in [0.1, 0.15) is 23.0 Å². The van der Waals surface area contributed by atoms with E-state index in [2.05, 4.69) is 48.4 Å². The highest BCUT2D eigenvalue weighted by molar-refractivity contribution is 5.96. The molecule has 374 valence electrons. The highest BCUT2D eigenvalue weighted by Gasteiger charge is 2.24. The molecule has 0 unspecified atom stereocenters. The summed E-state index contributed by atoms with van der Waals surface area (Å²) in [4.78, 5) is 44.6. The van der Waals surface area contributed by atoms with Crippen molar-refractivity contribution in [2.75, 3.05) is 69.2 Å². The minimum Gasteiger partial charge on any atom is -0.494 e. The number of nitrogens with zero attached hydrogens (tertiary/aromatic N) is 3. The molecule has 7 rings (SSSR count). The summed E-state index contributed by atoms with van der Waals surface area (Å²) in [6.07, 6.45) is 8.95. The number of hydrogen-bond donors (Lipinski definition) is 3. The summed E-state index contributed by atoms with van der Waals surface area (Å²) in [5.74, 6) is 3.59. The van der Waals surface area contributed by atoms with Gasteiger partial charge in [-0.25, -0.2) is 9.97 Å². The van der Waals surface area contributed by atoms with Gasteiger partial charge < -0.3 is 44.2 Å². The van der Waals surface area contributed by atoms with Crippen LogP contribution in [0, 0.1) is 29.6 Å². The summed E-state index contributed by atoms with van der Waals surface area (Å²) in [7, 11) is 1.39. The average Bonchev–Trinajstić information content (AvgIpc) is 3.65. The van der Waals surface area contributed by atoms with E-state index in [0.717, 1.165) is 122 Å². The summed E-state index contributed by atoms with van der Waals surface area (Å²) in [5, 5.41) is 10.4. The average molecular weight is 949 g/mol. The highest BCUT2D eigenvalue weighted by Crippen LogP contribution is 2.29. The van der Waals surface area contributed by atoms with Gasteiger partial charge in [0.15, 0.2) is 0 Å². The number of anilines is 3. The SMILES string of the molecule is CCOc1ccc(CC(=O)OC)cc1.CCOc1ccc(Cc2cc3cc(NC(=O)C(C)(C)C)cnc3n2CC2CCOCC2)cc1.Cc1cc(NC(=O)C(C)(C)C)cnc1NCC1CCOCC1. The van der Waals surface area contributed by atoms with Crippen LogP contribution in [0.15, 0.2) is 79.1 Å². The molecule has 5 heterocycles. The van der Waals surface area contributed by atoms with Crippen molar-refractivity contribution in [3.05, 3.63) is 102 Å². The number of fused-ring (bicyclic) bond motifs is 1. The number of carbonyl (C=O) groups is 3. The number of pyridine rings is 2. The fourth-order valence-corrected chi connectivity index (χ4v) is 7.65. The third-order valence-electron chi connectivity index (χ3n) is 11.9. The number of methoxy groups -OCH3 is 1. The Morgan fingerprint density at radius 3 is 1.71 bits per heavy atom. The Kier molecular flexibility index (Phi) is 20.4. The van der Waals surface area contributed by atoms with E-state index in [0.29, 0.717) is 31.5 Å². The molecule has 69 heavy (non-hydrogen) atoms. The molecule has 2 amide bonds. The molecule has 0 bridgehead atoms. The van der Waals surface area contributed by atoms with Gasteiger partial charge in [0.2, 0.25) is 11.8 Å². The van der Waals surface area contributed by atoms with Crippen molar-refractivity contribution < 1.29 is 38.1 Å². The van der Waals surface area contributed by atoms with Crippen LogP contribution < -0.4 is 25.4 Å². The highest BCUT2D eigenvalue weighted by atomic mass is 16.5. The van der Waals surface area contributed by atoms with Crippen molar-refractivity contribution in [1.29, 1.82) is 0 Å². The molecule has 2 aliphatic rings.